The smallest absolute Gasteiger partial charge is 0.341 e. The Labute approximate surface area is 109 Å². The van der Waals surface area contributed by atoms with Gasteiger partial charge in [0.25, 0.3) is 0 Å². The average molecular weight is 275 g/mol. The summed E-state index contributed by atoms with van der Waals surface area (Å²) in [6, 6.07) is 1.38. The molecule has 0 aromatic carbocycles. The molecule has 2 rings (SSSR count). The van der Waals surface area contributed by atoms with E-state index in [-0.39, 0.29) is 22.0 Å². The van der Waals surface area contributed by atoms with Crippen LogP contribution in [-0.2, 0) is 4.74 Å². The van der Waals surface area contributed by atoms with Crippen LogP contribution in [-0.4, -0.2) is 22.3 Å². The molecule has 0 aliphatic heterocycles. The lowest BCUT2D eigenvalue weighted by molar-refractivity contribution is 0.0210. The standard InChI is InChI=1S/C11H12Cl2N2O2/c12-9-6-8(10(13)15-14-9)11(16)17-7-4-2-1-3-5-7/h6-7H,1-5H2. The Hall–Kier alpha value is -0.870. The highest BCUT2D eigenvalue weighted by atomic mass is 35.5. The minimum Gasteiger partial charge on any atom is -0.459 e. The Bertz CT molecular complexity index is 420. The molecule has 0 atom stereocenters. The van der Waals surface area contributed by atoms with Gasteiger partial charge in [0.15, 0.2) is 10.3 Å². The quantitative estimate of drug-likeness (QED) is 0.777. The van der Waals surface area contributed by atoms with E-state index in [9.17, 15) is 4.79 Å². The van der Waals surface area contributed by atoms with Crippen LogP contribution in [0.1, 0.15) is 42.5 Å². The van der Waals surface area contributed by atoms with Gasteiger partial charge in [0.1, 0.15) is 11.7 Å². The molecule has 1 aromatic heterocycles. The van der Waals surface area contributed by atoms with Crippen molar-refractivity contribution in [3.63, 3.8) is 0 Å². The number of carbonyl (C=O) groups is 1. The molecule has 1 saturated carbocycles. The summed E-state index contributed by atoms with van der Waals surface area (Å²) in [5, 5.41) is 7.27. The molecule has 92 valence electrons. The fourth-order valence-corrected chi connectivity index (χ4v) is 2.21. The van der Waals surface area contributed by atoms with Gasteiger partial charge in [-0.15, -0.1) is 10.2 Å². The van der Waals surface area contributed by atoms with Crippen molar-refractivity contribution < 1.29 is 9.53 Å². The van der Waals surface area contributed by atoms with Crippen LogP contribution < -0.4 is 0 Å². The summed E-state index contributed by atoms with van der Waals surface area (Å²) >= 11 is 11.4. The predicted octanol–water partition coefficient (Wildman–Crippen LogP) is 3.27. The van der Waals surface area contributed by atoms with Gasteiger partial charge in [0.2, 0.25) is 0 Å². The van der Waals surface area contributed by atoms with E-state index < -0.39 is 5.97 Å². The maximum atomic E-state index is 11.9. The minimum absolute atomic E-state index is 0.0146. The Morgan fingerprint density at radius 3 is 2.65 bits per heavy atom. The Kier molecular flexibility index (Phi) is 4.18. The summed E-state index contributed by atoms with van der Waals surface area (Å²) < 4.78 is 5.36. The van der Waals surface area contributed by atoms with E-state index in [2.05, 4.69) is 10.2 Å². The zero-order chi connectivity index (χ0) is 12.3. The summed E-state index contributed by atoms with van der Waals surface area (Å²) in [6.07, 6.45) is 5.21. The molecule has 1 aliphatic carbocycles. The van der Waals surface area contributed by atoms with Crippen molar-refractivity contribution in [2.45, 2.75) is 38.2 Å². The molecule has 1 aliphatic rings. The second-order valence-electron chi connectivity index (χ2n) is 4.04. The number of rotatable bonds is 2. The van der Waals surface area contributed by atoms with E-state index >= 15 is 0 Å². The lowest BCUT2D eigenvalue weighted by Crippen LogP contribution is -2.21. The van der Waals surface area contributed by atoms with Crippen LogP contribution >= 0.6 is 23.2 Å². The van der Waals surface area contributed by atoms with Gasteiger partial charge < -0.3 is 4.74 Å². The molecule has 0 N–H and O–H groups in total. The Morgan fingerprint density at radius 2 is 1.94 bits per heavy atom. The van der Waals surface area contributed by atoms with Crippen molar-refractivity contribution in [1.29, 1.82) is 0 Å². The first kappa shape index (κ1) is 12.6. The van der Waals surface area contributed by atoms with E-state index in [0.29, 0.717) is 0 Å². The highest BCUT2D eigenvalue weighted by molar-refractivity contribution is 6.33. The first-order valence-corrected chi connectivity index (χ1v) is 6.32. The van der Waals surface area contributed by atoms with Gasteiger partial charge >= 0.3 is 5.97 Å². The van der Waals surface area contributed by atoms with Gasteiger partial charge in [-0.3, -0.25) is 0 Å². The number of aromatic nitrogens is 2. The zero-order valence-electron chi connectivity index (χ0n) is 9.16. The highest BCUT2D eigenvalue weighted by Gasteiger charge is 2.21. The van der Waals surface area contributed by atoms with Crippen molar-refractivity contribution in [2.24, 2.45) is 0 Å². The third kappa shape index (κ3) is 3.30. The van der Waals surface area contributed by atoms with E-state index in [4.69, 9.17) is 27.9 Å². The summed E-state index contributed by atoms with van der Waals surface area (Å²) in [5.41, 5.74) is 0.178. The molecule has 0 amide bonds. The maximum Gasteiger partial charge on any atom is 0.341 e. The number of esters is 1. The second-order valence-corrected chi connectivity index (χ2v) is 4.78. The fourth-order valence-electron chi connectivity index (χ4n) is 1.89. The number of carbonyl (C=O) groups excluding carboxylic acids is 1. The van der Waals surface area contributed by atoms with Crippen LogP contribution in [0.2, 0.25) is 10.3 Å². The molecule has 0 radical (unpaired) electrons. The number of halogens is 2. The third-order valence-electron chi connectivity index (χ3n) is 2.76. The van der Waals surface area contributed by atoms with Gasteiger partial charge in [-0.1, -0.05) is 29.6 Å². The van der Waals surface area contributed by atoms with Crippen LogP contribution in [0.4, 0.5) is 0 Å². The maximum absolute atomic E-state index is 11.9. The predicted molar refractivity (Wildman–Crippen MR) is 64.3 cm³/mol. The number of hydrogen-bond acceptors (Lipinski definition) is 4. The summed E-state index contributed by atoms with van der Waals surface area (Å²) in [5.74, 6) is -0.473. The van der Waals surface area contributed by atoms with Crippen molar-refractivity contribution in [3.8, 4) is 0 Å². The number of hydrogen-bond donors (Lipinski definition) is 0. The van der Waals surface area contributed by atoms with Gasteiger partial charge in [-0.05, 0) is 31.7 Å². The van der Waals surface area contributed by atoms with Crippen molar-refractivity contribution in [2.75, 3.05) is 0 Å². The van der Waals surface area contributed by atoms with Crippen molar-refractivity contribution in [1.82, 2.24) is 10.2 Å². The normalized spacial score (nSPS) is 16.8. The topological polar surface area (TPSA) is 52.1 Å². The zero-order valence-corrected chi connectivity index (χ0v) is 10.7. The van der Waals surface area contributed by atoms with E-state index in [1.54, 1.807) is 0 Å². The van der Waals surface area contributed by atoms with E-state index in [1.165, 1.54) is 12.5 Å². The van der Waals surface area contributed by atoms with Gasteiger partial charge in [0, 0.05) is 0 Å². The van der Waals surface area contributed by atoms with Crippen LogP contribution in [0, 0.1) is 0 Å². The van der Waals surface area contributed by atoms with Crippen LogP contribution in [0.3, 0.4) is 0 Å². The van der Waals surface area contributed by atoms with Gasteiger partial charge in [0.05, 0.1) is 0 Å². The van der Waals surface area contributed by atoms with Crippen LogP contribution in [0.25, 0.3) is 0 Å². The molecule has 1 heterocycles. The highest BCUT2D eigenvalue weighted by Crippen LogP contribution is 2.23. The lowest BCUT2D eigenvalue weighted by Gasteiger charge is -2.21. The molecule has 0 saturated heterocycles. The average Bonchev–Trinajstić information content (AvgIpc) is 2.33. The molecule has 4 nitrogen and oxygen atoms in total. The van der Waals surface area contributed by atoms with Crippen LogP contribution in [0.15, 0.2) is 6.07 Å². The monoisotopic (exact) mass is 274 g/mol. The third-order valence-corrected chi connectivity index (χ3v) is 3.23. The largest absolute Gasteiger partial charge is 0.459 e. The minimum atomic E-state index is -0.473. The molecule has 1 aromatic rings. The molecule has 0 bridgehead atoms. The first-order chi connectivity index (χ1) is 8.16. The summed E-state index contributed by atoms with van der Waals surface area (Å²) in [7, 11) is 0. The molecular formula is C11H12Cl2N2O2. The lowest BCUT2D eigenvalue weighted by atomic mass is 9.98. The fraction of sp³-hybridized carbons (Fsp3) is 0.545. The molecule has 17 heavy (non-hydrogen) atoms. The summed E-state index contributed by atoms with van der Waals surface area (Å²) in [6.45, 7) is 0. The molecule has 6 heteroatoms. The molecule has 0 unspecified atom stereocenters. The Morgan fingerprint density at radius 1 is 1.24 bits per heavy atom. The van der Waals surface area contributed by atoms with E-state index in [1.807, 2.05) is 0 Å². The Balaban J connectivity index is 2.05. The van der Waals surface area contributed by atoms with E-state index in [0.717, 1.165) is 25.7 Å². The van der Waals surface area contributed by atoms with Crippen molar-refractivity contribution >= 4 is 29.2 Å². The van der Waals surface area contributed by atoms with Gasteiger partial charge in [-0.25, -0.2) is 4.79 Å². The molecule has 0 spiro atoms. The molecule has 1 fully saturated rings. The second kappa shape index (κ2) is 5.65. The first-order valence-electron chi connectivity index (χ1n) is 5.56. The van der Waals surface area contributed by atoms with Crippen molar-refractivity contribution in [3.05, 3.63) is 21.9 Å². The SMILES string of the molecule is O=C(OC1CCCCC1)c1cc(Cl)nnc1Cl. The van der Waals surface area contributed by atoms with Gasteiger partial charge in [-0.2, -0.15) is 0 Å². The molecular weight excluding hydrogens is 263 g/mol. The van der Waals surface area contributed by atoms with Crippen LogP contribution in [0.5, 0.6) is 0 Å². The number of nitrogens with zero attached hydrogens (tertiary/aromatic N) is 2. The summed E-state index contributed by atoms with van der Waals surface area (Å²) in [4.78, 5) is 11.9. The number of ether oxygens (including phenoxy) is 1.